The highest BCUT2D eigenvalue weighted by Gasteiger charge is 2.24. The highest BCUT2D eigenvalue weighted by atomic mass is 15.1. The molecule has 5 aromatic carbocycles. The minimum absolute atomic E-state index is 0.869. The second-order valence-electron chi connectivity index (χ2n) is 11.3. The SMILES string of the molecule is C=C1/C=C\C=C/Cc2ccccc2N1c1ccc2c(c1)c1ccccc1n2-c1ccc2c3c(cccc13)C(C)=C2/C=C\N. The Morgan fingerprint density at radius 3 is 2.47 bits per heavy atom. The monoisotopic (exact) mass is 553 g/mol. The number of benzene rings is 5. The number of para-hydroxylation sites is 2. The second-order valence-corrected chi connectivity index (χ2v) is 11.3. The van der Waals surface area contributed by atoms with Gasteiger partial charge in [-0.05, 0) is 101 Å². The third-order valence-corrected chi connectivity index (χ3v) is 8.93. The molecular weight excluding hydrogens is 522 g/mol. The molecule has 3 nitrogen and oxygen atoms in total. The fourth-order valence-electron chi connectivity index (χ4n) is 7.02. The van der Waals surface area contributed by atoms with Gasteiger partial charge in [0.1, 0.15) is 0 Å². The van der Waals surface area contributed by atoms with E-state index < -0.39 is 0 Å². The minimum Gasteiger partial charge on any atom is -0.405 e. The summed E-state index contributed by atoms with van der Waals surface area (Å²) < 4.78 is 2.43. The molecule has 8 rings (SSSR count). The average Bonchev–Trinajstić information content (AvgIpc) is 3.53. The predicted molar refractivity (Wildman–Crippen MR) is 184 cm³/mol. The van der Waals surface area contributed by atoms with Gasteiger partial charge in [0.15, 0.2) is 0 Å². The topological polar surface area (TPSA) is 34.2 Å². The molecule has 1 aliphatic heterocycles. The van der Waals surface area contributed by atoms with E-state index in [1.165, 1.54) is 66.1 Å². The maximum absolute atomic E-state index is 5.86. The number of nitrogens with zero attached hydrogens (tertiary/aromatic N) is 2. The van der Waals surface area contributed by atoms with Gasteiger partial charge in [-0.1, -0.05) is 85.5 Å². The van der Waals surface area contributed by atoms with E-state index in [4.69, 9.17) is 5.73 Å². The normalized spacial score (nSPS) is 16.2. The summed E-state index contributed by atoms with van der Waals surface area (Å²) in [5.41, 5.74) is 18.8. The lowest BCUT2D eigenvalue weighted by molar-refractivity contribution is 1.16. The number of fused-ring (bicyclic) bond motifs is 4. The van der Waals surface area contributed by atoms with Gasteiger partial charge >= 0.3 is 0 Å². The van der Waals surface area contributed by atoms with Crippen molar-refractivity contribution in [3.05, 3.63) is 163 Å². The number of rotatable bonds is 3. The molecule has 3 heteroatoms. The maximum Gasteiger partial charge on any atom is 0.0542 e. The summed E-state index contributed by atoms with van der Waals surface area (Å²) in [7, 11) is 0. The fraction of sp³-hybridized carbons (Fsp3) is 0.0500. The van der Waals surface area contributed by atoms with E-state index >= 15 is 0 Å². The van der Waals surface area contributed by atoms with Crippen LogP contribution < -0.4 is 10.6 Å². The quantitative estimate of drug-likeness (QED) is 0.237. The van der Waals surface area contributed by atoms with Gasteiger partial charge in [-0.3, -0.25) is 0 Å². The smallest absolute Gasteiger partial charge is 0.0542 e. The number of aromatic nitrogens is 1. The van der Waals surface area contributed by atoms with Gasteiger partial charge in [0.05, 0.1) is 16.7 Å². The van der Waals surface area contributed by atoms with Crippen LogP contribution in [0, 0.1) is 0 Å². The van der Waals surface area contributed by atoms with Gasteiger partial charge < -0.3 is 15.2 Å². The number of anilines is 2. The Morgan fingerprint density at radius 2 is 1.56 bits per heavy atom. The minimum atomic E-state index is 0.869. The lowest BCUT2D eigenvalue weighted by atomic mass is 10.00. The van der Waals surface area contributed by atoms with E-state index in [1.54, 1.807) is 6.20 Å². The van der Waals surface area contributed by atoms with Crippen molar-refractivity contribution in [1.29, 1.82) is 0 Å². The molecule has 0 fully saturated rings. The summed E-state index contributed by atoms with van der Waals surface area (Å²) in [6.45, 7) is 6.66. The molecule has 0 saturated heterocycles. The Balaban J connectivity index is 1.38. The number of hydrogen-bond donors (Lipinski definition) is 1. The molecule has 2 N–H and O–H groups in total. The fourth-order valence-corrected chi connectivity index (χ4v) is 7.02. The predicted octanol–water partition coefficient (Wildman–Crippen LogP) is 9.97. The first-order valence-electron chi connectivity index (χ1n) is 14.7. The zero-order valence-electron chi connectivity index (χ0n) is 24.1. The van der Waals surface area contributed by atoms with Crippen molar-refractivity contribution in [2.45, 2.75) is 13.3 Å². The van der Waals surface area contributed by atoms with Crippen molar-refractivity contribution in [2.24, 2.45) is 5.73 Å². The molecule has 0 amide bonds. The van der Waals surface area contributed by atoms with Gasteiger partial charge in [0.2, 0.25) is 0 Å². The molecule has 206 valence electrons. The first-order chi connectivity index (χ1) is 21.2. The van der Waals surface area contributed by atoms with Crippen LogP contribution in [0.3, 0.4) is 0 Å². The highest BCUT2D eigenvalue weighted by molar-refractivity contribution is 6.18. The molecule has 0 saturated carbocycles. The number of nitrogens with two attached hydrogens (primary N) is 1. The molecule has 0 unspecified atom stereocenters. The van der Waals surface area contributed by atoms with Crippen LogP contribution >= 0.6 is 0 Å². The molecule has 0 spiro atoms. The van der Waals surface area contributed by atoms with Crippen molar-refractivity contribution >= 4 is 55.1 Å². The van der Waals surface area contributed by atoms with Crippen molar-refractivity contribution in [1.82, 2.24) is 4.57 Å². The first kappa shape index (κ1) is 25.2. The van der Waals surface area contributed by atoms with Crippen LogP contribution in [-0.2, 0) is 6.42 Å². The molecular formula is C40H31N3. The lowest BCUT2D eigenvalue weighted by Gasteiger charge is -2.27. The van der Waals surface area contributed by atoms with Crippen LogP contribution in [0.2, 0.25) is 0 Å². The Bertz CT molecular complexity index is 2250. The van der Waals surface area contributed by atoms with Crippen LogP contribution in [0.4, 0.5) is 11.4 Å². The summed E-state index contributed by atoms with van der Waals surface area (Å²) in [6.07, 6.45) is 13.0. The van der Waals surface area contributed by atoms with E-state index in [1.807, 2.05) is 6.08 Å². The third kappa shape index (κ3) is 3.75. The van der Waals surface area contributed by atoms with Crippen LogP contribution in [0.5, 0.6) is 0 Å². The summed E-state index contributed by atoms with van der Waals surface area (Å²) in [5.74, 6) is 0. The van der Waals surface area contributed by atoms with Crippen molar-refractivity contribution in [3.63, 3.8) is 0 Å². The van der Waals surface area contributed by atoms with Crippen LogP contribution in [0.25, 0.3) is 49.4 Å². The van der Waals surface area contributed by atoms with E-state index in [9.17, 15) is 0 Å². The summed E-state index contributed by atoms with van der Waals surface area (Å²) in [5, 5.41) is 4.97. The van der Waals surface area contributed by atoms with Crippen molar-refractivity contribution < 1.29 is 0 Å². The third-order valence-electron chi connectivity index (χ3n) is 8.93. The van der Waals surface area contributed by atoms with Crippen LogP contribution in [-0.4, -0.2) is 4.57 Å². The molecule has 0 atom stereocenters. The zero-order chi connectivity index (χ0) is 29.1. The van der Waals surface area contributed by atoms with E-state index in [-0.39, 0.29) is 0 Å². The molecule has 0 bridgehead atoms. The standard InChI is InChI=1S/C40H31N3/c1-26-11-4-3-5-12-28-13-6-8-17-36(28)42(26)29-19-21-39-35(25-29)32-14-7-9-18-37(32)43(39)38-22-20-33-30(23-24-41)27(2)31-15-10-16-34(38)40(31)33/h3-11,13-25H,1,12,41H2,2H3/b5-3-,11-4-,24-23-. The Hall–Kier alpha value is -5.54. The van der Waals surface area contributed by atoms with Crippen LogP contribution in [0.1, 0.15) is 23.6 Å². The molecule has 6 aromatic rings. The number of hydrogen-bond acceptors (Lipinski definition) is 2. The molecule has 43 heavy (non-hydrogen) atoms. The zero-order valence-corrected chi connectivity index (χ0v) is 24.1. The molecule has 1 aromatic heterocycles. The van der Waals surface area contributed by atoms with Crippen molar-refractivity contribution in [3.8, 4) is 5.69 Å². The summed E-state index contributed by atoms with van der Waals surface area (Å²) in [6, 6.07) is 35.3. The van der Waals surface area contributed by atoms with Crippen LogP contribution in [0.15, 0.2) is 146 Å². The summed E-state index contributed by atoms with van der Waals surface area (Å²) >= 11 is 0. The first-order valence-corrected chi connectivity index (χ1v) is 14.7. The van der Waals surface area contributed by atoms with Gasteiger partial charge in [-0.25, -0.2) is 0 Å². The van der Waals surface area contributed by atoms with E-state index in [0.29, 0.717) is 0 Å². The van der Waals surface area contributed by atoms with E-state index in [0.717, 1.165) is 23.5 Å². The maximum atomic E-state index is 5.86. The second kappa shape index (κ2) is 9.78. The van der Waals surface area contributed by atoms with Gasteiger partial charge in [0, 0.05) is 33.2 Å². The molecule has 2 aliphatic rings. The highest BCUT2D eigenvalue weighted by Crippen LogP contribution is 2.46. The molecule has 2 heterocycles. The van der Waals surface area contributed by atoms with Gasteiger partial charge in [-0.15, -0.1) is 0 Å². The molecule has 1 aliphatic carbocycles. The Labute approximate surface area is 251 Å². The summed E-state index contributed by atoms with van der Waals surface area (Å²) in [4.78, 5) is 2.28. The molecule has 0 radical (unpaired) electrons. The Kier molecular flexibility index (Phi) is 5.73. The largest absolute Gasteiger partial charge is 0.405 e. The lowest BCUT2D eigenvalue weighted by Crippen LogP contribution is -2.15. The van der Waals surface area contributed by atoms with Gasteiger partial charge in [0.25, 0.3) is 0 Å². The van der Waals surface area contributed by atoms with Gasteiger partial charge in [-0.2, -0.15) is 0 Å². The number of allylic oxidation sites excluding steroid dienone is 7. The van der Waals surface area contributed by atoms with Crippen molar-refractivity contribution in [2.75, 3.05) is 4.90 Å². The Morgan fingerprint density at radius 1 is 0.744 bits per heavy atom. The van der Waals surface area contributed by atoms with E-state index in [2.05, 4.69) is 144 Å². The average molecular weight is 554 g/mol.